The van der Waals surface area contributed by atoms with E-state index in [1.807, 2.05) is 13.8 Å². The first-order valence-corrected chi connectivity index (χ1v) is 6.91. The number of hydrogen-bond acceptors (Lipinski definition) is 3. The van der Waals surface area contributed by atoms with E-state index in [1.165, 1.54) is 0 Å². The average Bonchev–Trinajstić information content (AvgIpc) is 2.90. The van der Waals surface area contributed by atoms with Gasteiger partial charge in [-0.1, -0.05) is 6.92 Å². The Balaban J connectivity index is 2.63. The first kappa shape index (κ1) is 17.9. The van der Waals surface area contributed by atoms with Gasteiger partial charge in [0.25, 0.3) is 0 Å². The molecule has 0 radical (unpaired) electrons. The van der Waals surface area contributed by atoms with Gasteiger partial charge in [0.05, 0.1) is 18.3 Å². The second-order valence-corrected chi connectivity index (χ2v) is 4.66. The highest BCUT2D eigenvalue weighted by molar-refractivity contribution is 5.07. The molecule has 1 unspecified atom stereocenters. The highest BCUT2D eigenvalue weighted by Crippen LogP contribution is 2.23. The van der Waals surface area contributed by atoms with E-state index in [0.29, 0.717) is 13.1 Å². The molecule has 4 nitrogen and oxygen atoms in total. The van der Waals surface area contributed by atoms with E-state index in [1.54, 1.807) is 16.9 Å². The van der Waals surface area contributed by atoms with Crippen LogP contribution in [-0.2, 0) is 11.3 Å². The maximum absolute atomic E-state index is 12.8. The van der Waals surface area contributed by atoms with Gasteiger partial charge in [0.1, 0.15) is 6.61 Å². The Bertz CT molecular complexity index is 412. The predicted molar refractivity (Wildman–Crippen MR) is 70.7 cm³/mol. The summed E-state index contributed by atoms with van der Waals surface area (Å²) < 4.78 is 56.3. The predicted octanol–water partition coefficient (Wildman–Crippen LogP) is 2.86. The molecule has 8 heteroatoms. The van der Waals surface area contributed by atoms with Crippen molar-refractivity contribution in [1.82, 2.24) is 15.1 Å². The van der Waals surface area contributed by atoms with E-state index in [0.717, 1.165) is 12.1 Å². The number of nitrogens with zero attached hydrogens (tertiary/aromatic N) is 2. The molecule has 1 atom stereocenters. The van der Waals surface area contributed by atoms with Crippen LogP contribution >= 0.6 is 0 Å². The quantitative estimate of drug-likeness (QED) is 0.675. The molecule has 122 valence electrons. The van der Waals surface area contributed by atoms with Crippen LogP contribution < -0.4 is 5.32 Å². The Labute approximate surface area is 121 Å². The zero-order valence-electron chi connectivity index (χ0n) is 12.2. The summed E-state index contributed by atoms with van der Waals surface area (Å²) >= 11 is 0. The first-order valence-electron chi connectivity index (χ1n) is 6.91. The van der Waals surface area contributed by atoms with Gasteiger partial charge in [0.2, 0.25) is 0 Å². The van der Waals surface area contributed by atoms with Crippen LogP contribution in [0.15, 0.2) is 12.3 Å². The van der Waals surface area contributed by atoms with E-state index in [4.69, 9.17) is 4.74 Å². The summed E-state index contributed by atoms with van der Waals surface area (Å²) in [4.78, 5) is 0. The van der Waals surface area contributed by atoms with Crippen LogP contribution in [0, 0.1) is 0 Å². The van der Waals surface area contributed by atoms with Crippen LogP contribution in [0.1, 0.15) is 32.0 Å². The molecular formula is C13H21F4N3O. The van der Waals surface area contributed by atoms with Gasteiger partial charge in [-0.05, 0) is 26.0 Å². The number of ether oxygens (including phenoxy) is 1. The molecule has 0 saturated heterocycles. The third-order valence-electron chi connectivity index (χ3n) is 2.94. The molecule has 1 aromatic heterocycles. The average molecular weight is 311 g/mol. The molecule has 0 saturated carbocycles. The van der Waals surface area contributed by atoms with E-state index in [2.05, 4.69) is 10.4 Å². The van der Waals surface area contributed by atoms with Crippen molar-refractivity contribution in [3.63, 3.8) is 0 Å². The third-order valence-corrected chi connectivity index (χ3v) is 2.94. The number of hydrogen-bond donors (Lipinski definition) is 1. The van der Waals surface area contributed by atoms with Crippen LogP contribution in [0.5, 0.6) is 0 Å². The van der Waals surface area contributed by atoms with Crippen molar-refractivity contribution in [3.8, 4) is 0 Å². The minimum absolute atomic E-state index is 0.117. The Morgan fingerprint density at radius 2 is 2.10 bits per heavy atom. The lowest BCUT2D eigenvalue weighted by atomic mass is 10.2. The largest absolute Gasteiger partial charge is 0.373 e. The van der Waals surface area contributed by atoms with Crippen LogP contribution in [0.4, 0.5) is 17.6 Å². The smallest absolute Gasteiger partial charge is 0.330 e. The molecule has 0 fully saturated rings. The van der Waals surface area contributed by atoms with Gasteiger partial charge in [-0.2, -0.15) is 13.9 Å². The number of halogens is 4. The monoisotopic (exact) mass is 311 g/mol. The highest BCUT2D eigenvalue weighted by Gasteiger charge is 2.41. The van der Waals surface area contributed by atoms with Crippen LogP contribution in [0.2, 0.25) is 0 Å². The van der Waals surface area contributed by atoms with Gasteiger partial charge in [-0.3, -0.25) is 4.68 Å². The van der Waals surface area contributed by atoms with Crippen LogP contribution in [0.3, 0.4) is 0 Å². The second-order valence-electron chi connectivity index (χ2n) is 4.66. The molecule has 1 heterocycles. The van der Waals surface area contributed by atoms with Crippen LogP contribution in [-0.4, -0.2) is 41.9 Å². The summed E-state index contributed by atoms with van der Waals surface area (Å²) in [5.41, 5.74) is 0.784. The molecule has 0 amide bonds. The number of rotatable bonds is 10. The molecule has 0 aliphatic heterocycles. The zero-order chi connectivity index (χ0) is 15.9. The number of alkyl halides is 4. The van der Waals surface area contributed by atoms with Gasteiger partial charge >= 0.3 is 12.3 Å². The fourth-order valence-electron chi connectivity index (χ4n) is 1.85. The maximum Gasteiger partial charge on any atom is 0.330 e. The lowest BCUT2D eigenvalue weighted by Gasteiger charge is -2.21. The molecule has 0 aliphatic rings. The molecule has 1 N–H and O–H groups in total. The van der Waals surface area contributed by atoms with Crippen molar-refractivity contribution in [2.75, 3.05) is 19.8 Å². The maximum atomic E-state index is 12.8. The van der Waals surface area contributed by atoms with Gasteiger partial charge in [-0.15, -0.1) is 0 Å². The van der Waals surface area contributed by atoms with Crippen molar-refractivity contribution < 1.29 is 22.3 Å². The zero-order valence-corrected chi connectivity index (χ0v) is 12.2. The van der Waals surface area contributed by atoms with Crippen LogP contribution in [0.25, 0.3) is 0 Å². The molecule has 0 aromatic carbocycles. The van der Waals surface area contributed by atoms with Crippen molar-refractivity contribution >= 4 is 0 Å². The fraction of sp³-hybridized carbons (Fsp3) is 0.769. The van der Waals surface area contributed by atoms with Gasteiger partial charge < -0.3 is 10.1 Å². The van der Waals surface area contributed by atoms with E-state index >= 15 is 0 Å². The normalized spacial score (nSPS) is 13.9. The lowest BCUT2D eigenvalue weighted by molar-refractivity contribution is -0.167. The SMILES string of the molecule is CCCNC(COCC(F)(F)C(F)F)c1ccnn1CC. The van der Waals surface area contributed by atoms with E-state index in [-0.39, 0.29) is 12.6 Å². The van der Waals surface area contributed by atoms with E-state index in [9.17, 15) is 17.6 Å². The van der Waals surface area contributed by atoms with E-state index < -0.39 is 19.0 Å². The van der Waals surface area contributed by atoms with Crippen molar-refractivity contribution in [3.05, 3.63) is 18.0 Å². The summed E-state index contributed by atoms with van der Waals surface area (Å²) in [7, 11) is 0. The number of nitrogens with one attached hydrogen (secondary N) is 1. The summed E-state index contributed by atoms with van der Waals surface area (Å²) in [5, 5.41) is 7.25. The first-order chi connectivity index (χ1) is 9.92. The number of aryl methyl sites for hydroxylation is 1. The topological polar surface area (TPSA) is 39.1 Å². The summed E-state index contributed by atoms with van der Waals surface area (Å²) in [5.74, 6) is -4.12. The Kier molecular flexibility index (Phi) is 7.10. The molecular weight excluding hydrogens is 290 g/mol. The lowest BCUT2D eigenvalue weighted by Crippen LogP contribution is -2.35. The molecule has 0 aliphatic carbocycles. The highest BCUT2D eigenvalue weighted by atomic mass is 19.3. The minimum atomic E-state index is -4.12. The molecule has 0 bridgehead atoms. The van der Waals surface area contributed by atoms with Crippen molar-refractivity contribution in [2.45, 2.75) is 45.2 Å². The number of aromatic nitrogens is 2. The van der Waals surface area contributed by atoms with Crippen molar-refractivity contribution in [2.24, 2.45) is 0 Å². The molecule has 1 rings (SSSR count). The second kappa shape index (κ2) is 8.33. The fourth-order valence-corrected chi connectivity index (χ4v) is 1.85. The summed E-state index contributed by atoms with van der Waals surface area (Å²) in [6.45, 7) is 3.74. The molecule has 0 spiro atoms. The third kappa shape index (κ3) is 5.28. The minimum Gasteiger partial charge on any atom is -0.373 e. The van der Waals surface area contributed by atoms with Gasteiger partial charge in [-0.25, -0.2) is 8.78 Å². The Morgan fingerprint density at radius 3 is 2.67 bits per heavy atom. The van der Waals surface area contributed by atoms with Crippen molar-refractivity contribution in [1.29, 1.82) is 0 Å². The Hall–Kier alpha value is -1.15. The van der Waals surface area contributed by atoms with Gasteiger partial charge in [0, 0.05) is 12.7 Å². The van der Waals surface area contributed by atoms with Gasteiger partial charge in [0.15, 0.2) is 0 Å². The Morgan fingerprint density at radius 1 is 1.38 bits per heavy atom. The molecule has 21 heavy (non-hydrogen) atoms. The standard InChI is InChI=1S/C13H21F4N3O/c1-3-6-18-10(11-5-7-19-20(11)4-2)8-21-9-13(16,17)12(14)15/h5,7,10,12,18H,3-4,6,8-9H2,1-2H3. The summed E-state index contributed by atoms with van der Waals surface area (Å²) in [6.07, 6.45) is -1.27. The summed E-state index contributed by atoms with van der Waals surface area (Å²) in [6, 6.07) is 1.40. The molecule has 1 aromatic rings.